The topological polar surface area (TPSA) is 131 Å². The first-order chi connectivity index (χ1) is 21.2. The van der Waals surface area contributed by atoms with Crippen molar-refractivity contribution in [2.75, 3.05) is 25.4 Å². The number of ether oxygens (including phenoxy) is 2. The van der Waals surface area contributed by atoms with Crippen molar-refractivity contribution < 1.29 is 37.4 Å². The van der Waals surface area contributed by atoms with E-state index in [0.717, 1.165) is 18.4 Å². The number of nitrogens with zero attached hydrogens (tertiary/aromatic N) is 1. The number of carbonyl (C=O) groups excluding carboxylic acids is 2. The van der Waals surface area contributed by atoms with E-state index in [-0.39, 0.29) is 25.3 Å². The molecular weight excluding hydrogens is 584 g/mol. The van der Waals surface area contributed by atoms with Gasteiger partial charge in [-0.2, -0.15) is 0 Å². The molecule has 234 valence electrons. The molecule has 0 aliphatic carbocycles. The second-order valence-electron chi connectivity index (χ2n) is 11.3. The van der Waals surface area contributed by atoms with Crippen LogP contribution in [0.4, 0.5) is 0 Å². The molecule has 2 fully saturated rings. The first kappa shape index (κ1) is 31.6. The number of nitrogens with one attached hydrogen (secondary N) is 1. The van der Waals surface area contributed by atoms with Gasteiger partial charge in [-0.05, 0) is 61.6 Å². The molecule has 2 aliphatic heterocycles. The second-order valence-corrected chi connectivity index (χ2v) is 13.7. The summed E-state index contributed by atoms with van der Waals surface area (Å²) in [6.07, 6.45) is -0.0940. The van der Waals surface area contributed by atoms with E-state index >= 15 is 0 Å². The Morgan fingerprint density at radius 2 is 1.68 bits per heavy atom. The Morgan fingerprint density at radius 3 is 2.34 bits per heavy atom. The number of hydrogen-bond acceptors (Lipinski definition) is 8. The zero-order valence-corrected chi connectivity index (χ0v) is 25.5. The minimum atomic E-state index is -4.01. The van der Waals surface area contributed by atoms with Gasteiger partial charge in [-0.3, -0.25) is 9.59 Å². The van der Waals surface area contributed by atoms with E-state index in [1.165, 1.54) is 4.90 Å². The fraction of sp³-hybridized carbons (Fsp3) is 0.394. The predicted octanol–water partition coefficient (Wildman–Crippen LogP) is 4.33. The summed E-state index contributed by atoms with van der Waals surface area (Å²) >= 11 is 0. The fourth-order valence-electron chi connectivity index (χ4n) is 5.60. The minimum Gasteiger partial charge on any atom is -0.457 e. The molecule has 3 atom stereocenters. The second kappa shape index (κ2) is 13.9. The maximum Gasteiger partial charge on any atom is 0.256 e. The quantitative estimate of drug-likeness (QED) is 0.337. The van der Waals surface area contributed by atoms with Crippen LogP contribution >= 0.6 is 0 Å². The maximum atomic E-state index is 14.1. The zero-order valence-electron chi connectivity index (χ0n) is 24.7. The molecule has 11 heteroatoms. The van der Waals surface area contributed by atoms with E-state index in [2.05, 4.69) is 5.48 Å². The number of hydrogen-bond donors (Lipinski definition) is 2. The third kappa shape index (κ3) is 7.29. The standard InChI is InChI=1S/C33H38N2O8S/c1-24-10-14-27(15-11-24)42-28-16-12-26(13-17-28)33(23-29(36)34-43-30-9-5-6-21-41-30)18-19-35(20-22-44(33,39)40)32(38)31(37)25-7-3-2-4-8-25/h2-4,7-8,10-17,30-31,37H,5-6,9,18-23H2,1H3,(H,34,36)/t30?,31-,33?/m0/s1. The molecule has 44 heavy (non-hydrogen) atoms. The number of hydroxylamine groups is 1. The number of aliphatic hydroxyl groups is 1. The van der Waals surface area contributed by atoms with E-state index in [9.17, 15) is 23.1 Å². The summed E-state index contributed by atoms with van der Waals surface area (Å²) in [7, 11) is -4.01. The summed E-state index contributed by atoms with van der Waals surface area (Å²) in [6.45, 7) is 2.40. The zero-order chi connectivity index (χ0) is 31.2. The number of rotatable bonds is 9. The normalized spacial score (nSPS) is 22.4. The molecule has 0 spiro atoms. The van der Waals surface area contributed by atoms with Gasteiger partial charge in [0, 0.05) is 26.1 Å². The molecule has 3 aromatic rings. The molecule has 3 aromatic carbocycles. The molecule has 2 unspecified atom stereocenters. The Morgan fingerprint density at radius 1 is 1.00 bits per heavy atom. The minimum absolute atomic E-state index is 0.0173. The van der Waals surface area contributed by atoms with Gasteiger partial charge in [-0.1, -0.05) is 60.2 Å². The third-order valence-corrected chi connectivity index (χ3v) is 10.7. The highest BCUT2D eigenvalue weighted by atomic mass is 32.2. The molecule has 0 bridgehead atoms. The molecule has 10 nitrogen and oxygen atoms in total. The number of amides is 2. The molecule has 2 aliphatic rings. The number of benzene rings is 3. The van der Waals surface area contributed by atoms with Gasteiger partial charge in [-0.15, -0.1) is 0 Å². The molecule has 0 radical (unpaired) electrons. The first-order valence-corrected chi connectivity index (χ1v) is 16.5. The summed E-state index contributed by atoms with van der Waals surface area (Å²) in [5.41, 5.74) is 4.31. The average molecular weight is 623 g/mol. The molecule has 2 saturated heterocycles. The van der Waals surface area contributed by atoms with Crippen molar-refractivity contribution in [1.29, 1.82) is 0 Å². The van der Waals surface area contributed by atoms with E-state index in [1.807, 2.05) is 31.2 Å². The van der Waals surface area contributed by atoms with Gasteiger partial charge in [0.25, 0.3) is 5.91 Å². The van der Waals surface area contributed by atoms with Crippen LogP contribution in [-0.2, 0) is 33.7 Å². The lowest BCUT2D eigenvalue weighted by Gasteiger charge is -2.32. The lowest BCUT2D eigenvalue weighted by Crippen LogP contribution is -2.43. The molecule has 2 amide bonds. The Kier molecular flexibility index (Phi) is 10.00. The SMILES string of the molecule is Cc1ccc(Oc2ccc(C3(CC(=O)NOC4CCCCO4)CCN(C(=O)[C@@H](O)c4ccccc4)CCS3(=O)=O)cc2)cc1. The fourth-order valence-corrected chi connectivity index (χ4v) is 7.70. The number of carbonyl (C=O) groups is 2. The average Bonchev–Trinajstić information content (AvgIpc) is 3.17. The first-order valence-electron chi connectivity index (χ1n) is 14.8. The molecule has 0 aromatic heterocycles. The highest BCUT2D eigenvalue weighted by molar-refractivity contribution is 7.92. The van der Waals surface area contributed by atoms with Crippen molar-refractivity contribution in [2.24, 2.45) is 0 Å². The lowest BCUT2D eigenvalue weighted by molar-refractivity contribution is -0.200. The Labute approximate surface area is 257 Å². The number of sulfone groups is 1. The van der Waals surface area contributed by atoms with E-state index in [0.29, 0.717) is 35.7 Å². The van der Waals surface area contributed by atoms with Crippen LogP contribution in [0.25, 0.3) is 0 Å². The van der Waals surface area contributed by atoms with Crippen LogP contribution in [-0.4, -0.2) is 62.0 Å². The van der Waals surface area contributed by atoms with Gasteiger partial charge in [0.2, 0.25) is 5.91 Å². The summed E-state index contributed by atoms with van der Waals surface area (Å²) < 4.78 is 38.0. The number of aryl methyl sites for hydroxylation is 1. The van der Waals surface area contributed by atoms with Crippen molar-refractivity contribution in [3.05, 3.63) is 95.6 Å². The largest absolute Gasteiger partial charge is 0.457 e. The van der Waals surface area contributed by atoms with Crippen LogP contribution in [0.3, 0.4) is 0 Å². The van der Waals surface area contributed by atoms with Gasteiger partial charge in [0.15, 0.2) is 22.2 Å². The van der Waals surface area contributed by atoms with Gasteiger partial charge in [0.05, 0.1) is 12.2 Å². The van der Waals surface area contributed by atoms with Crippen LogP contribution < -0.4 is 10.2 Å². The highest BCUT2D eigenvalue weighted by Crippen LogP contribution is 2.41. The van der Waals surface area contributed by atoms with E-state index < -0.39 is 45.2 Å². The van der Waals surface area contributed by atoms with Crippen LogP contribution in [0.5, 0.6) is 11.5 Å². The molecule has 0 saturated carbocycles. The summed E-state index contributed by atoms with van der Waals surface area (Å²) in [5, 5.41) is 10.8. The van der Waals surface area contributed by atoms with Crippen LogP contribution in [0.15, 0.2) is 78.9 Å². The van der Waals surface area contributed by atoms with Crippen molar-refractivity contribution in [3.8, 4) is 11.5 Å². The number of aliphatic hydroxyl groups excluding tert-OH is 1. The Hall–Kier alpha value is -3.77. The van der Waals surface area contributed by atoms with Crippen molar-refractivity contribution in [3.63, 3.8) is 0 Å². The Bertz CT molecular complexity index is 1520. The molecule has 5 rings (SSSR count). The van der Waals surface area contributed by atoms with Crippen LogP contribution in [0.1, 0.15) is 54.9 Å². The molecular formula is C33H38N2O8S. The van der Waals surface area contributed by atoms with E-state index in [4.69, 9.17) is 14.3 Å². The predicted molar refractivity (Wildman–Crippen MR) is 163 cm³/mol. The van der Waals surface area contributed by atoms with Crippen molar-refractivity contribution in [2.45, 2.75) is 56.2 Å². The lowest BCUT2D eigenvalue weighted by atomic mass is 9.90. The summed E-state index contributed by atoms with van der Waals surface area (Å²) in [6, 6.07) is 22.7. The monoisotopic (exact) mass is 622 g/mol. The third-order valence-electron chi connectivity index (χ3n) is 8.20. The smallest absolute Gasteiger partial charge is 0.256 e. The molecule has 2 N–H and O–H groups in total. The van der Waals surface area contributed by atoms with Gasteiger partial charge in [-0.25, -0.2) is 18.7 Å². The van der Waals surface area contributed by atoms with Crippen LogP contribution in [0.2, 0.25) is 0 Å². The van der Waals surface area contributed by atoms with Crippen molar-refractivity contribution in [1.82, 2.24) is 10.4 Å². The Balaban J connectivity index is 1.40. The summed E-state index contributed by atoms with van der Waals surface area (Å²) in [5.74, 6) is -0.462. The summed E-state index contributed by atoms with van der Waals surface area (Å²) in [4.78, 5) is 33.4. The van der Waals surface area contributed by atoms with Crippen molar-refractivity contribution >= 4 is 21.7 Å². The van der Waals surface area contributed by atoms with Gasteiger partial charge >= 0.3 is 0 Å². The van der Waals surface area contributed by atoms with E-state index in [1.54, 1.807) is 54.6 Å². The van der Waals surface area contributed by atoms with Gasteiger partial charge in [0.1, 0.15) is 16.2 Å². The van der Waals surface area contributed by atoms with Crippen LogP contribution in [0, 0.1) is 6.92 Å². The maximum absolute atomic E-state index is 14.1. The highest BCUT2D eigenvalue weighted by Gasteiger charge is 2.49. The van der Waals surface area contributed by atoms with Gasteiger partial charge < -0.3 is 19.5 Å². The molecule has 2 heterocycles.